The molecule has 0 aliphatic heterocycles. The monoisotopic (exact) mass is 274 g/mol. The van der Waals surface area contributed by atoms with Gasteiger partial charge in [0.15, 0.2) is 5.76 Å². The third kappa shape index (κ3) is 2.21. The molecule has 0 N–H and O–H groups in total. The average Bonchev–Trinajstić information content (AvgIpc) is 2.91. The molecule has 0 unspecified atom stereocenters. The summed E-state index contributed by atoms with van der Waals surface area (Å²) in [5.74, 6) is 0.524. The summed E-state index contributed by atoms with van der Waals surface area (Å²) in [4.78, 5) is 0. The maximum absolute atomic E-state index is 9.54. The van der Waals surface area contributed by atoms with Crippen molar-refractivity contribution in [3.63, 3.8) is 0 Å². The van der Waals surface area contributed by atoms with Crippen LogP contribution in [0.1, 0.15) is 16.7 Å². The van der Waals surface area contributed by atoms with Crippen molar-refractivity contribution in [2.24, 2.45) is 0 Å². The first-order valence-corrected chi connectivity index (χ1v) is 6.74. The van der Waals surface area contributed by atoms with E-state index in [1.807, 2.05) is 62.4 Å². The van der Waals surface area contributed by atoms with Crippen LogP contribution in [0.2, 0.25) is 0 Å². The van der Waals surface area contributed by atoms with Crippen molar-refractivity contribution in [1.29, 1.82) is 5.26 Å². The largest absolute Gasteiger partial charge is 0.354 e. The van der Waals surface area contributed by atoms with Crippen LogP contribution in [0.25, 0.3) is 22.6 Å². The third-order valence-corrected chi connectivity index (χ3v) is 3.56. The van der Waals surface area contributed by atoms with Crippen molar-refractivity contribution in [2.75, 3.05) is 0 Å². The van der Waals surface area contributed by atoms with Gasteiger partial charge in [0.05, 0.1) is 0 Å². The molecule has 0 bridgehead atoms. The number of aromatic nitrogens is 1. The summed E-state index contributed by atoms with van der Waals surface area (Å²) in [6, 6.07) is 17.8. The fourth-order valence-corrected chi connectivity index (χ4v) is 2.54. The highest BCUT2D eigenvalue weighted by molar-refractivity contribution is 5.79. The highest BCUT2D eigenvalue weighted by atomic mass is 16.5. The second-order valence-electron chi connectivity index (χ2n) is 4.98. The summed E-state index contributed by atoms with van der Waals surface area (Å²) < 4.78 is 5.46. The molecule has 0 radical (unpaired) electrons. The van der Waals surface area contributed by atoms with E-state index in [4.69, 9.17) is 4.52 Å². The molecule has 3 nitrogen and oxygen atoms in total. The maximum atomic E-state index is 9.54. The SMILES string of the molecule is Cc1cccc(C)c1-c1noc(-c2ccccc2)c1C#N. The molecule has 0 amide bonds. The summed E-state index contributed by atoms with van der Waals surface area (Å²) in [6.07, 6.45) is 0. The van der Waals surface area contributed by atoms with E-state index in [-0.39, 0.29) is 0 Å². The topological polar surface area (TPSA) is 49.8 Å². The van der Waals surface area contributed by atoms with Crippen molar-refractivity contribution in [3.8, 4) is 28.7 Å². The third-order valence-electron chi connectivity index (χ3n) is 3.56. The van der Waals surface area contributed by atoms with Gasteiger partial charge in [-0.2, -0.15) is 5.26 Å². The fourth-order valence-electron chi connectivity index (χ4n) is 2.54. The molecule has 0 aliphatic rings. The van der Waals surface area contributed by atoms with Gasteiger partial charge in [-0.05, 0) is 25.0 Å². The molecule has 102 valence electrons. The lowest BCUT2D eigenvalue weighted by Crippen LogP contribution is -1.90. The Bertz CT molecular complexity index is 806. The second kappa shape index (κ2) is 5.26. The quantitative estimate of drug-likeness (QED) is 0.691. The molecular weight excluding hydrogens is 260 g/mol. The molecule has 0 spiro atoms. The van der Waals surface area contributed by atoms with E-state index in [2.05, 4.69) is 11.2 Å². The van der Waals surface area contributed by atoms with Gasteiger partial charge in [-0.1, -0.05) is 53.7 Å². The molecule has 1 heterocycles. The zero-order valence-electron chi connectivity index (χ0n) is 11.9. The van der Waals surface area contributed by atoms with E-state index >= 15 is 0 Å². The molecule has 0 saturated carbocycles. The Morgan fingerprint density at radius 1 is 0.952 bits per heavy atom. The molecule has 3 aromatic rings. The molecule has 0 saturated heterocycles. The van der Waals surface area contributed by atoms with Crippen LogP contribution in [-0.4, -0.2) is 5.16 Å². The number of hydrogen-bond acceptors (Lipinski definition) is 3. The molecule has 21 heavy (non-hydrogen) atoms. The van der Waals surface area contributed by atoms with Crippen LogP contribution in [0.3, 0.4) is 0 Å². The fraction of sp³-hybridized carbons (Fsp3) is 0.111. The van der Waals surface area contributed by atoms with Gasteiger partial charge in [0.1, 0.15) is 17.3 Å². The van der Waals surface area contributed by atoms with Gasteiger partial charge in [-0.15, -0.1) is 0 Å². The minimum Gasteiger partial charge on any atom is -0.354 e. The molecule has 3 heteroatoms. The first-order valence-electron chi connectivity index (χ1n) is 6.74. The summed E-state index contributed by atoms with van der Waals surface area (Å²) in [6.45, 7) is 4.03. The van der Waals surface area contributed by atoms with Crippen molar-refractivity contribution in [2.45, 2.75) is 13.8 Å². The van der Waals surface area contributed by atoms with Gasteiger partial charge < -0.3 is 4.52 Å². The Morgan fingerprint density at radius 3 is 2.24 bits per heavy atom. The van der Waals surface area contributed by atoms with Gasteiger partial charge in [-0.25, -0.2) is 0 Å². The lowest BCUT2D eigenvalue weighted by atomic mass is 9.96. The normalized spacial score (nSPS) is 10.3. The number of benzene rings is 2. The van der Waals surface area contributed by atoms with E-state index in [1.165, 1.54) is 0 Å². The Kier molecular flexibility index (Phi) is 3.29. The lowest BCUT2D eigenvalue weighted by molar-refractivity contribution is 0.434. The van der Waals surface area contributed by atoms with Crippen molar-refractivity contribution < 1.29 is 4.52 Å². The first-order chi connectivity index (χ1) is 10.2. The van der Waals surface area contributed by atoms with Crippen LogP contribution in [0.4, 0.5) is 0 Å². The number of rotatable bonds is 2. The maximum Gasteiger partial charge on any atom is 0.185 e. The predicted molar refractivity (Wildman–Crippen MR) is 81.6 cm³/mol. The number of aryl methyl sites for hydroxylation is 2. The van der Waals surface area contributed by atoms with Gasteiger partial charge >= 0.3 is 0 Å². The molecule has 2 aromatic carbocycles. The second-order valence-corrected chi connectivity index (χ2v) is 4.98. The summed E-state index contributed by atoms with van der Waals surface area (Å²) >= 11 is 0. The van der Waals surface area contributed by atoms with Crippen LogP contribution in [0.5, 0.6) is 0 Å². The molecule has 1 aromatic heterocycles. The summed E-state index contributed by atoms with van der Waals surface area (Å²) in [7, 11) is 0. The van der Waals surface area contributed by atoms with Crippen molar-refractivity contribution in [3.05, 3.63) is 65.2 Å². The van der Waals surface area contributed by atoms with Crippen LogP contribution in [0.15, 0.2) is 53.1 Å². The van der Waals surface area contributed by atoms with Crippen molar-refractivity contribution in [1.82, 2.24) is 5.16 Å². The smallest absolute Gasteiger partial charge is 0.185 e. The minimum atomic E-state index is 0.485. The number of nitriles is 1. The Morgan fingerprint density at radius 2 is 1.62 bits per heavy atom. The highest BCUT2D eigenvalue weighted by Crippen LogP contribution is 2.34. The molecular formula is C18H14N2O. The van der Waals surface area contributed by atoms with E-state index in [0.29, 0.717) is 17.0 Å². The number of nitrogens with zero attached hydrogens (tertiary/aromatic N) is 2. The van der Waals surface area contributed by atoms with Gasteiger partial charge in [0, 0.05) is 11.1 Å². The van der Waals surface area contributed by atoms with Crippen LogP contribution in [-0.2, 0) is 0 Å². The molecule has 3 rings (SSSR count). The van der Waals surface area contributed by atoms with E-state index in [0.717, 1.165) is 22.3 Å². The van der Waals surface area contributed by atoms with Crippen LogP contribution >= 0.6 is 0 Å². The van der Waals surface area contributed by atoms with Crippen LogP contribution in [0, 0.1) is 25.2 Å². The molecule has 0 aliphatic carbocycles. The average molecular weight is 274 g/mol. The predicted octanol–water partition coefficient (Wildman–Crippen LogP) is 4.50. The van der Waals surface area contributed by atoms with Gasteiger partial charge in [0.2, 0.25) is 0 Å². The van der Waals surface area contributed by atoms with E-state index in [1.54, 1.807) is 0 Å². The highest BCUT2D eigenvalue weighted by Gasteiger charge is 2.21. The summed E-state index contributed by atoms with van der Waals surface area (Å²) in [5.41, 5.74) is 5.10. The first kappa shape index (κ1) is 13.1. The number of hydrogen-bond donors (Lipinski definition) is 0. The Labute approximate surface area is 123 Å². The van der Waals surface area contributed by atoms with Crippen LogP contribution < -0.4 is 0 Å². The molecule has 0 fully saturated rings. The Balaban J connectivity index is 2.24. The zero-order valence-corrected chi connectivity index (χ0v) is 11.9. The van der Waals surface area contributed by atoms with E-state index in [9.17, 15) is 5.26 Å². The van der Waals surface area contributed by atoms with Gasteiger partial charge in [0.25, 0.3) is 0 Å². The van der Waals surface area contributed by atoms with E-state index < -0.39 is 0 Å². The lowest BCUT2D eigenvalue weighted by Gasteiger charge is -2.06. The van der Waals surface area contributed by atoms with Crippen molar-refractivity contribution >= 4 is 0 Å². The molecule has 0 atom stereocenters. The Hall–Kier alpha value is -2.86. The summed E-state index contributed by atoms with van der Waals surface area (Å²) in [5, 5.41) is 13.7. The van der Waals surface area contributed by atoms with Gasteiger partial charge in [-0.3, -0.25) is 0 Å². The zero-order chi connectivity index (χ0) is 14.8. The minimum absolute atomic E-state index is 0.485. The standard InChI is InChI=1S/C18H14N2O/c1-12-7-6-8-13(2)16(12)17-15(11-19)18(21-20-17)14-9-4-3-5-10-14/h3-10H,1-2H3.